The van der Waals surface area contributed by atoms with E-state index in [0.29, 0.717) is 12.8 Å². The lowest BCUT2D eigenvalue weighted by atomic mass is 9.64. The first kappa shape index (κ1) is 51.1. The second-order valence-electron chi connectivity index (χ2n) is 19.9. The van der Waals surface area contributed by atoms with E-state index >= 15 is 0 Å². The largest absolute Gasteiger partial charge is 0.453 e. The van der Waals surface area contributed by atoms with Crippen LogP contribution in [0.25, 0.3) is 0 Å². The Labute approximate surface area is 383 Å². The van der Waals surface area contributed by atoms with Crippen LogP contribution in [0.4, 0.5) is 0 Å². The molecule has 5 fully saturated rings. The zero-order valence-corrected chi connectivity index (χ0v) is 40.3. The summed E-state index contributed by atoms with van der Waals surface area (Å²) in [6.45, 7) is 7.70. The van der Waals surface area contributed by atoms with Crippen molar-refractivity contribution in [2.24, 2.45) is 23.7 Å². The van der Waals surface area contributed by atoms with E-state index in [1.807, 2.05) is 31.2 Å². The van der Waals surface area contributed by atoms with Gasteiger partial charge in [0, 0.05) is 22.3 Å². The standard InChI is InChI=1S/C25H41NO4S.C19H29NO4.C6H12S/c1-3-4-5-12-17-20-22(28)26-25(24(20,2)30,21(27)18-13-8-6-9-14-18)23(29)31-19-15-10-7-11-16-19;1-3-4-5-9-12-14-16(22)20-19(17(23)24-18(14,19)2)15(21)13-10-7-6-8-11-13;7-6-4-2-1-3-5-6/h8,13,18-21,27,30H,3-7,9-12,14-17H2,1-2H3,(H,26,28);7,10,13-15,21H,3-6,8-9,11-12H2,1-2H3,(H,20,22);6-7H,1-5H2/t18-,20+,21+,24+,25+;13-,14+,15+,18+,19+;/m11./s1. The van der Waals surface area contributed by atoms with Gasteiger partial charge in [0.05, 0.1) is 24.0 Å². The Bertz CT molecular complexity index is 1540. The third kappa shape index (κ3) is 11.0. The maximum absolute atomic E-state index is 13.8. The molecule has 4 aliphatic carbocycles. The van der Waals surface area contributed by atoms with Crippen LogP contribution in [0.3, 0.4) is 0 Å². The first-order valence-electron chi connectivity index (χ1n) is 24.9. The first-order chi connectivity index (χ1) is 29.7. The van der Waals surface area contributed by atoms with E-state index in [9.17, 15) is 34.5 Å². The predicted octanol–water partition coefficient (Wildman–Crippen LogP) is 9.23. The highest BCUT2D eigenvalue weighted by Gasteiger charge is 2.79. The summed E-state index contributed by atoms with van der Waals surface area (Å²) in [7, 11) is 0. The predicted molar refractivity (Wildman–Crippen MR) is 252 cm³/mol. The highest BCUT2D eigenvalue weighted by molar-refractivity contribution is 8.14. The maximum Gasteiger partial charge on any atom is 0.339 e. The zero-order chi connectivity index (χ0) is 45.0. The topological polar surface area (TPSA) is 162 Å². The number of hydrogen-bond donors (Lipinski definition) is 6. The fourth-order valence-electron chi connectivity index (χ4n) is 11.5. The number of allylic oxidation sites excluding steroid dienone is 2. The third-order valence-electron chi connectivity index (χ3n) is 15.5. The van der Waals surface area contributed by atoms with Crippen LogP contribution in [-0.2, 0) is 23.9 Å². The number of carbonyl (C=O) groups is 4. The zero-order valence-electron chi connectivity index (χ0n) is 38.6. The molecule has 352 valence electrons. The average molecular weight is 903 g/mol. The van der Waals surface area contributed by atoms with Crippen molar-refractivity contribution in [3.63, 3.8) is 0 Å². The molecule has 0 bridgehead atoms. The first-order valence-corrected chi connectivity index (χ1v) is 26.3. The molecule has 2 saturated carbocycles. The molecule has 10 nitrogen and oxygen atoms in total. The van der Waals surface area contributed by atoms with Gasteiger partial charge >= 0.3 is 5.97 Å². The Morgan fingerprint density at radius 2 is 1.24 bits per heavy atom. The molecule has 0 unspecified atom stereocenters. The molecule has 7 rings (SSSR count). The molecule has 7 aliphatic rings. The summed E-state index contributed by atoms with van der Waals surface area (Å²) >= 11 is 5.61. The number of amides is 2. The summed E-state index contributed by atoms with van der Waals surface area (Å²) < 4.78 is 5.50. The van der Waals surface area contributed by atoms with Crippen LogP contribution in [0.1, 0.15) is 195 Å². The minimum Gasteiger partial charge on any atom is -0.453 e. The Hall–Kier alpha value is -1.86. The summed E-state index contributed by atoms with van der Waals surface area (Å²) in [6.07, 6.45) is 33.3. The van der Waals surface area contributed by atoms with E-state index < -0.39 is 46.4 Å². The SMILES string of the molecule is CCCCCC[C@H]1C(=O)N[C@@]2([C@@H](O)[C@@H]3C=CCCC3)C(=O)O[C@@]12C.CCCCCC[C@H]1C(=O)N[C@](C(=O)SC2CCCCC2)([C@@H](O)[C@@H]2C=CCCC2)[C@@]1(C)O.SC1CCCCC1. The smallest absolute Gasteiger partial charge is 0.339 e. The Morgan fingerprint density at radius 3 is 1.73 bits per heavy atom. The fourth-order valence-corrected chi connectivity index (χ4v) is 13.3. The Balaban J connectivity index is 0.000000206. The fraction of sp³-hybridized carbons (Fsp3) is 0.840. The molecule has 0 aromatic heterocycles. The van der Waals surface area contributed by atoms with Crippen molar-refractivity contribution in [2.45, 2.75) is 240 Å². The number of unbranched alkanes of at least 4 members (excludes halogenated alkanes) is 6. The van der Waals surface area contributed by atoms with Crippen molar-refractivity contribution >= 4 is 47.3 Å². The summed E-state index contributed by atoms with van der Waals surface area (Å²) in [5.41, 5.74) is -5.49. The van der Waals surface area contributed by atoms with Gasteiger partial charge in [0.1, 0.15) is 5.60 Å². The van der Waals surface area contributed by atoms with E-state index in [1.54, 1.807) is 6.92 Å². The second kappa shape index (κ2) is 23.5. The summed E-state index contributed by atoms with van der Waals surface area (Å²) in [6, 6.07) is 0. The van der Waals surface area contributed by atoms with Crippen LogP contribution in [0.2, 0.25) is 0 Å². The number of rotatable bonds is 16. The number of aliphatic hydroxyl groups excluding tert-OH is 2. The van der Waals surface area contributed by atoms with Crippen molar-refractivity contribution in [3.8, 4) is 0 Å². The van der Waals surface area contributed by atoms with E-state index in [0.717, 1.165) is 121 Å². The van der Waals surface area contributed by atoms with Crippen molar-refractivity contribution in [1.82, 2.24) is 10.6 Å². The van der Waals surface area contributed by atoms with Crippen molar-refractivity contribution < 1.29 is 39.2 Å². The minimum atomic E-state index is -1.66. The van der Waals surface area contributed by atoms with Gasteiger partial charge in [-0.25, -0.2) is 4.79 Å². The molecule has 0 spiro atoms. The van der Waals surface area contributed by atoms with Gasteiger partial charge in [-0.2, -0.15) is 12.6 Å². The molecule has 12 heteroatoms. The number of nitrogens with one attached hydrogen (secondary N) is 2. The summed E-state index contributed by atoms with van der Waals surface area (Å²) in [5.74, 6) is -2.32. The van der Waals surface area contributed by atoms with Crippen LogP contribution in [-0.4, -0.2) is 83.2 Å². The molecule has 3 aliphatic heterocycles. The molecular formula is C50H82N2O8S2. The maximum atomic E-state index is 13.8. The van der Waals surface area contributed by atoms with Gasteiger partial charge in [-0.3, -0.25) is 14.4 Å². The van der Waals surface area contributed by atoms with Crippen LogP contribution >= 0.6 is 24.4 Å². The molecule has 2 amide bonds. The number of hydrogen-bond acceptors (Lipinski definition) is 10. The molecule has 0 aromatic rings. The molecule has 62 heavy (non-hydrogen) atoms. The van der Waals surface area contributed by atoms with Crippen LogP contribution in [0, 0.1) is 23.7 Å². The molecule has 5 N–H and O–H groups in total. The van der Waals surface area contributed by atoms with Crippen LogP contribution in [0.15, 0.2) is 24.3 Å². The number of fused-ring (bicyclic) bond motifs is 1. The quantitative estimate of drug-likeness (QED) is 0.0384. The Morgan fingerprint density at radius 1 is 0.726 bits per heavy atom. The minimum absolute atomic E-state index is 0.106. The van der Waals surface area contributed by atoms with Gasteiger partial charge in [-0.1, -0.05) is 140 Å². The number of thiol groups is 1. The van der Waals surface area contributed by atoms with E-state index in [4.69, 9.17) is 4.74 Å². The highest BCUT2D eigenvalue weighted by atomic mass is 32.2. The molecule has 10 atom stereocenters. The average Bonchev–Trinajstić information content (AvgIpc) is 3.59. The van der Waals surface area contributed by atoms with Gasteiger partial charge in [0.15, 0.2) is 11.1 Å². The van der Waals surface area contributed by atoms with Gasteiger partial charge < -0.3 is 30.7 Å². The normalized spacial score (nSPS) is 35.5. The second-order valence-corrected chi connectivity index (χ2v) is 21.9. The number of esters is 1. The van der Waals surface area contributed by atoms with Crippen LogP contribution in [0.5, 0.6) is 0 Å². The third-order valence-corrected chi connectivity index (χ3v) is 17.4. The van der Waals surface area contributed by atoms with E-state index in [2.05, 4.69) is 37.1 Å². The van der Waals surface area contributed by atoms with E-state index in [1.165, 1.54) is 50.3 Å². The number of thioether (sulfide) groups is 1. The molecule has 0 radical (unpaired) electrons. The van der Waals surface area contributed by atoms with Crippen molar-refractivity contribution in [1.29, 1.82) is 0 Å². The van der Waals surface area contributed by atoms with Gasteiger partial charge in [0.25, 0.3) is 0 Å². The molecule has 3 saturated heterocycles. The summed E-state index contributed by atoms with van der Waals surface area (Å²) in [4.78, 5) is 51.8. The van der Waals surface area contributed by atoms with Crippen molar-refractivity contribution in [2.75, 3.05) is 0 Å². The van der Waals surface area contributed by atoms with Gasteiger partial charge in [-0.15, -0.1) is 0 Å². The van der Waals surface area contributed by atoms with Gasteiger partial charge in [-0.05, 0) is 90.9 Å². The lowest BCUT2D eigenvalue weighted by Gasteiger charge is -2.54. The highest BCUT2D eigenvalue weighted by Crippen LogP contribution is 2.54. The molecule has 3 heterocycles. The van der Waals surface area contributed by atoms with E-state index in [-0.39, 0.29) is 39.9 Å². The van der Waals surface area contributed by atoms with Gasteiger partial charge in [0.2, 0.25) is 22.5 Å². The summed E-state index contributed by atoms with van der Waals surface area (Å²) in [5, 5.41) is 40.7. The number of ether oxygens (including phenoxy) is 1. The number of carbonyl (C=O) groups excluding carboxylic acids is 4. The van der Waals surface area contributed by atoms with Crippen LogP contribution < -0.4 is 10.6 Å². The monoisotopic (exact) mass is 903 g/mol. The van der Waals surface area contributed by atoms with Crippen molar-refractivity contribution in [3.05, 3.63) is 24.3 Å². The lowest BCUT2D eigenvalue weighted by Crippen LogP contribution is -2.80. The number of aliphatic hydroxyl groups is 3. The Kier molecular flexibility index (Phi) is 19.4. The molecule has 0 aromatic carbocycles. The molecular weight excluding hydrogens is 821 g/mol. The lowest BCUT2D eigenvalue weighted by molar-refractivity contribution is -0.238.